The molecule has 0 saturated heterocycles. The van der Waals surface area contributed by atoms with Gasteiger partial charge in [-0.1, -0.05) is 0 Å². The number of halogens is 6. The first-order valence-electron chi connectivity index (χ1n) is 4.84. The minimum Gasteiger partial charge on any atom is -0.234 e. The largest absolute Gasteiger partial charge is 0.234 e. The summed E-state index contributed by atoms with van der Waals surface area (Å²) in [6, 6.07) is -2.37. The number of hydrogen-bond donors (Lipinski definition) is 0. The molecule has 0 aromatic heterocycles. The van der Waals surface area contributed by atoms with Gasteiger partial charge in [0.2, 0.25) is 15.7 Å². The summed E-state index contributed by atoms with van der Waals surface area (Å²) < 4.78 is 120. The van der Waals surface area contributed by atoms with Crippen molar-refractivity contribution in [2.45, 2.75) is 4.58 Å². The fraction of sp³-hybridized carbons (Fsp3) is 0.333. The van der Waals surface area contributed by atoms with Crippen molar-refractivity contribution in [2.24, 2.45) is 0 Å². The Morgan fingerprint density at radius 3 is 1.43 bits per heavy atom. The summed E-state index contributed by atoms with van der Waals surface area (Å²) >= 11 is 0. The van der Waals surface area contributed by atoms with E-state index in [0.717, 1.165) is 0 Å². The summed E-state index contributed by atoms with van der Waals surface area (Å²) in [5, 5.41) is 0. The van der Waals surface area contributed by atoms with Crippen LogP contribution in [0.2, 0.25) is 0 Å². The Hall–Kier alpha value is -1.30. The predicted octanol–water partition coefficient (Wildman–Crippen LogP) is 1.77. The van der Waals surface area contributed by atoms with Crippen LogP contribution >= 0.6 is 0 Å². The zero-order valence-corrected chi connectivity index (χ0v) is 11.6. The van der Waals surface area contributed by atoms with E-state index in [1.807, 2.05) is 0 Å². The predicted molar refractivity (Wildman–Crippen MR) is 58.7 cm³/mol. The Labute approximate surface area is 115 Å². The zero-order valence-electron chi connectivity index (χ0n) is 10.0. The first-order chi connectivity index (χ1) is 9.36. The van der Waals surface area contributed by atoms with Crippen molar-refractivity contribution >= 4 is 19.7 Å². The Bertz CT molecular complexity index is 758. The molecule has 1 atom stereocenters. The van der Waals surface area contributed by atoms with E-state index in [2.05, 4.69) is 0 Å². The highest BCUT2D eigenvalue weighted by Crippen LogP contribution is 2.35. The van der Waals surface area contributed by atoms with Crippen LogP contribution in [0, 0.1) is 29.1 Å². The van der Waals surface area contributed by atoms with Crippen LogP contribution in [0.15, 0.2) is 0 Å². The molecule has 0 aliphatic carbocycles. The van der Waals surface area contributed by atoms with Gasteiger partial charge in [0.15, 0.2) is 43.7 Å². The average molecular weight is 356 g/mol. The van der Waals surface area contributed by atoms with Gasteiger partial charge in [-0.15, -0.1) is 0 Å². The number of rotatable bonds is 4. The number of hydrogen-bond acceptors (Lipinski definition) is 4. The van der Waals surface area contributed by atoms with Crippen molar-refractivity contribution in [3.05, 3.63) is 34.6 Å². The van der Waals surface area contributed by atoms with E-state index < -0.39 is 64.9 Å². The molecule has 0 spiro atoms. The average Bonchev–Trinajstić information content (AvgIpc) is 2.37. The van der Waals surface area contributed by atoms with Gasteiger partial charge in [-0.2, -0.15) is 0 Å². The summed E-state index contributed by atoms with van der Waals surface area (Å²) in [7, 11) is -10.3. The molecule has 0 radical (unpaired) electrons. The maximum absolute atomic E-state index is 13.5. The lowest BCUT2D eigenvalue weighted by molar-refractivity contribution is 0.371. The van der Waals surface area contributed by atoms with Gasteiger partial charge in [0.25, 0.3) is 0 Å². The molecule has 1 aromatic carbocycles. The van der Waals surface area contributed by atoms with Crippen molar-refractivity contribution in [2.75, 3.05) is 12.3 Å². The Morgan fingerprint density at radius 2 is 1.14 bits per heavy atom. The molecule has 0 fully saturated rings. The molecule has 0 heterocycles. The summed E-state index contributed by atoms with van der Waals surface area (Å²) in [6.45, 7) is 0. The van der Waals surface area contributed by atoms with Crippen molar-refractivity contribution in [3.63, 3.8) is 0 Å². The SMILES string of the molecule is CS(=O)(=O)C(c1c(F)c(F)c(F)c(F)c1F)S(=O)(=O)CF. The molecule has 0 aliphatic heterocycles. The molecular weight excluding hydrogens is 350 g/mol. The maximum atomic E-state index is 13.5. The van der Waals surface area contributed by atoms with Crippen LogP contribution in [0.3, 0.4) is 0 Å². The molecule has 1 unspecified atom stereocenters. The third-order valence-corrected chi connectivity index (χ3v) is 6.48. The number of sulfone groups is 2. The first kappa shape index (κ1) is 17.8. The minimum absolute atomic E-state index is 0.156. The van der Waals surface area contributed by atoms with E-state index in [0.29, 0.717) is 0 Å². The second-order valence-corrected chi connectivity index (χ2v) is 8.36. The minimum atomic E-state index is -5.35. The monoisotopic (exact) mass is 356 g/mol. The molecule has 1 rings (SSSR count). The van der Waals surface area contributed by atoms with Crippen LogP contribution in [-0.4, -0.2) is 29.1 Å². The van der Waals surface area contributed by atoms with E-state index in [1.54, 1.807) is 0 Å². The fourth-order valence-corrected chi connectivity index (χ4v) is 5.15. The highest BCUT2D eigenvalue weighted by Gasteiger charge is 2.43. The molecule has 0 saturated carbocycles. The molecule has 0 amide bonds. The summed E-state index contributed by atoms with van der Waals surface area (Å²) in [6.07, 6.45) is 0.156. The highest BCUT2D eigenvalue weighted by molar-refractivity contribution is 8.08. The van der Waals surface area contributed by atoms with Crippen molar-refractivity contribution in [3.8, 4) is 0 Å². The van der Waals surface area contributed by atoms with Gasteiger partial charge in [0, 0.05) is 6.26 Å². The lowest BCUT2D eigenvalue weighted by atomic mass is 10.2. The van der Waals surface area contributed by atoms with Crippen molar-refractivity contribution in [1.82, 2.24) is 0 Å². The Morgan fingerprint density at radius 1 is 0.810 bits per heavy atom. The molecule has 120 valence electrons. The molecule has 0 N–H and O–H groups in total. The molecule has 0 bridgehead atoms. The van der Waals surface area contributed by atoms with E-state index >= 15 is 0 Å². The van der Waals surface area contributed by atoms with Crippen LogP contribution in [0.4, 0.5) is 26.3 Å². The number of alkyl halides is 1. The second kappa shape index (κ2) is 5.48. The third-order valence-electron chi connectivity index (χ3n) is 2.35. The van der Waals surface area contributed by atoms with Crippen LogP contribution in [0.5, 0.6) is 0 Å². The van der Waals surface area contributed by atoms with Gasteiger partial charge >= 0.3 is 0 Å². The Kier molecular flexibility index (Phi) is 4.63. The van der Waals surface area contributed by atoms with E-state index in [4.69, 9.17) is 0 Å². The third kappa shape index (κ3) is 3.00. The van der Waals surface area contributed by atoms with Crippen LogP contribution in [0.1, 0.15) is 10.1 Å². The van der Waals surface area contributed by atoms with Crippen LogP contribution in [-0.2, 0) is 19.7 Å². The lowest BCUT2D eigenvalue weighted by Gasteiger charge is -2.16. The highest BCUT2D eigenvalue weighted by atomic mass is 32.3. The maximum Gasteiger partial charge on any atom is 0.201 e. The molecule has 0 aliphatic rings. The summed E-state index contributed by atoms with van der Waals surface area (Å²) in [5.74, 6) is -13.0. The molecule has 21 heavy (non-hydrogen) atoms. The van der Waals surface area contributed by atoms with Gasteiger partial charge in [0.1, 0.15) is 0 Å². The normalized spacial score (nSPS) is 14.2. The smallest absolute Gasteiger partial charge is 0.201 e. The van der Waals surface area contributed by atoms with E-state index in [-0.39, 0.29) is 6.26 Å². The number of benzene rings is 1. The molecule has 1 aromatic rings. The van der Waals surface area contributed by atoms with Crippen molar-refractivity contribution in [1.29, 1.82) is 0 Å². The standard InChI is InChI=1S/C9H6F6O4S2/c1-20(16,17)9(21(18,19)2-10)3-4(11)6(13)8(15)7(14)5(3)12/h9H,2H2,1H3. The van der Waals surface area contributed by atoms with Gasteiger partial charge in [-0.05, 0) is 0 Å². The van der Waals surface area contributed by atoms with Gasteiger partial charge in [-0.25, -0.2) is 43.2 Å². The van der Waals surface area contributed by atoms with Crippen LogP contribution in [0.25, 0.3) is 0 Å². The van der Waals surface area contributed by atoms with Crippen molar-refractivity contribution < 1.29 is 43.2 Å². The second-order valence-electron chi connectivity index (χ2n) is 3.92. The summed E-state index contributed by atoms with van der Waals surface area (Å²) in [5.41, 5.74) is -2.13. The fourth-order valence-electron chi connectivity index (χ4n) is 1.55. The van der Waals surface area contributed by atoms with Gasteiger partial charge < -0.3 is 0 Å². The molecule has 4 nitrogen and oxygen atoms in total. The zero-order chi connectivity index (χ0) is 16.7. The molecular formula is C9H6F6O4S2. The van der Waals surface area contributed by atoms with Crippen LogP contribution < -0.4 is 0 Å². The summed E-state index contributed by atoms with van der Waals surface area (Å²) in [4.78, 5) is 0. The Balaban J connectivity index is 3.95. The first-order valence-corrected chi connectivity index (χ1v) is 8.51. The van der Waals surface area contributed by atoms with Gasteiger partial charge in [-0.3, -0.25) is 0 Å². The molecule has 12 heteroatoms. The topological polar surface area (TPSA) is 68.3 Å². The van der Waals surface area contributed by atoms with E-state index in [9.17, 15) is 43.2 Å². The van der Waals surface area contributed by atoms with Gasteiger partial charge in [0.05, 0.1) is 5.56 Å². The van der Waals surface area contributed by atoms with E-state index in [1.165, 1.54) is 0 Å². The quantitative estimate of drug-likeness (QED) is 0.468. The lowest BCUT2D eigenvalue weighted by Crippen LogP contribution is -2.26.